The highest BCUT2D eigenvalue weighted by atomic mass is 79.9. The number of benzene rings is 2. The third-order valence-corrected chi connectivity index (χ3v) is 6.12. The first-order valence-corrected chi connectivity index (χ1v) is 9.93. The van der Waals surface area contributed by atoms with E-state index in [1.165, 1.54) is 6.07 Å². The van der Waals surface area contributed by atoms with E-state index < -0.39 is 5.97 Å². The minimum atomic E-state index is -0.805. The lowest BCUT2D eigenvalue weighted by Gasteiger charge is -2.33. The zero-order valence-electron chi connectivity index (χ0n) is 14.9. The number of halogens is 2. The van der Waals surface area contributed by atoms with E-state index in [2.05, 4.69) is 15.9 Å². The van der Waals surface area contributed by atoms with Gasteiger partial charge in [-0.05, 0) is 49.6 Å². The number of para-hydroxylation sites is 1. The molecule has 0 bridgehead atoms. The van der Waals surface area contributed by atoms with Crippen LogP contribution >= 0.6 is 27.5 Å². The van der Waals surface area contributed by atoms with Gasteiger partial charge in [0, 0.05) is 10.5 Å². The summed E-state index contributed by atoms with van der Waals surface area (Å²) in [6, 6.07) is 10.1. The Morgan fingerprint density at radius 1 is 1.29 bits per heavy atom. The third-order valence-electron chi connectivity index (χ3n) is 4.97. The molecule has 144 valence electrons. The summed E-state index contributed by atoms with van der Waals surface area (Å²) in [5, 5.41) is 9.83. The van der Waals surface area contributed by atoms with E-state index in [0.29, 0.717) is 45.9 Å². The van der Waals surface area contributed by atoms with Gasteiger partial charge in [-0.15, -0.1) is 0 Å². The van der Waals surface area contributed by atoms with Crippen LogP contribution in [-0.2, 0) is 4.79 Å². The van der Waals surface area contributed by atoms with Crippen molar-refractivity contribution >= 4 is 44.5 Å². The van der Waals surface area contributed by atoms with Crippen LogP contribution in [0.15, 0.2) is 50.1 Å². The van der Waals surface area contributed by atoms with Gasteiger partial charge in [0.15, 0.2) is 11.0 Å². The normalized spacial score (nSPS) is 18.7. The molecule has 0 atom stereocenters. The maximum absolute atomic E-state index is 12.6. The van der Waals surface area contributed by atoms with Crippen LogP contribution in [0.5, 0.6) is 5.75 Å². The fourth-order valence-corrected chi connectivity index (χ4v) is 3.81. The molecule has 4 rings (SSSR count). The van der Waals surface area contributed by atoms with Gasteiger partial charge in [0.05, 0.1) is 21.9 Å². The second-order valence-electron chi connectivity index (χ2n) is 6.94. The summed E-state index contributed by atoms with van der Waals surface area (Å²) in [7, 11) is 0. The molecule has 3 aromatic rings. The number of carbonyl (C=O) groups is 1. The molecule has 0 amide bonds. The summed E-state index contributed by atoms with van der Waals surface area (Å²) < 4.78 is 12.9. The Kier molecular flexibility index (Phi) is 4.93. The number of rotatable bonds is 4. The molecular formula is C21H16BrClO5. The van der Waals surface area contributed by atoms with Gasteiger partial charge in [-0.25, -0.2) is 0 Å². The second-order valence-corrected chi connectivity index (χ2v) is 8.20. The highest BCUT2D eigenvalue weighted by Crippen LogP contribution is 2.39. The molecular weight excluding hydrogens is 448 g/mol. The van der Waals surface area contributed by atoms with Crippen LogP contribution in [0.2, 0.25) is 5.02 Å². The van der Waals surface area contributed by atoms with Gasteiger partial charge < -0.3 is 14.3 Å². The predicted molar refractivity (Wildman–Crippen MR) is 110 cm³/mol. The van der Waals surface area contributed by atoms with Crippen molar-refractivity contribution in [3.63, 3.8) is 0 Å². The zero-order chi connectivity index (χ0) is 20.0. The number of aliphatic carboxylic acids is 1. The number of ether oxygens (including phenoxy) is 1. The van der Waals surface area contributed by atoms with Crippen molar-refractivity contribution in [2.24, 2.45) is 5.92 Å². The summed E-state index contributed by atoms with van der Waals surface area (Å²) >= 11 is 9.72. The highest BCUT2D eigenvalue weighted by Gasteiger charge is 2.36. The smallest absolute Gasteiger partial charge is 0.306 e. The summed E-state index contributed by atoms with van der Waals surface area (Å²) in [4.78, 5) is 23.6. The molecule has 0 spiro atoms. The van der Waals surface area contributed by atoms with E-state index in [-0.39, 0.29) is 17.5 Å². The lowest BCUT2D eigenvalue weighted by atomic mass is 9.82. The van der Waals surface area contributed by atoms with E-state index in [0.717, 1.165) is 10.0 Å². The number of carboxylic acids is 1. The van der Waals surface area contributed by atoms with E-state index in [9.17, 15) is 9.59 Å². The average molecular weight is 464 g/mol. The Bertz CT molecular complexity index is 1150. The molecule has 28 heavy (non-hydrogen) atoms. The van der Waals surface area contributed by atoms with Crippen LogP contribution in [0.25, 0.3) is 22.3 Å². The molecule has 5 nitrogen and oxygen atoms in total. The molecule has 1 aliphatic carbocycles. The Morgan fingerprint density at radius 2 is 2.04 bits per heavy atom. The van der Waals surface area contributed by atoms with E-state index in [4.69, 9.17) is 25.9 Å². The Labute approximate surface area is 174 Å². The molecule has 1 saturated carbocycles. The van der Waals surface area contributed by atoms with Crippen molar-refractivity contribution in [3.05, 3.63) is 61.7 Å². The second kappa shape index (κ2) is 7.26. The van der Waals surface area contributed by atoms with Crippen molar-refractivity contribution < 1.29 is 19.1 Å². The van der Waals surface area contributed by atoms with E-state index >= 15 is 0 Å². The first-order chi connectivity index (χ1) is 13.3. The number of fused-ring (bicyclic) bond motifs is 1. The maximum atomic E-state index is 12.6. The third kappa shape index (κ3) is 3.42. The Balaban J connectivity index is 1.78. The van der Waals surface area contributed by atoms with Gasteiger partial charge >= 0.3 is 5.97 Å². The van der Waals surface area contributed by atoms with Gasteiger partial charge in [0.1, 0.15) is 17.6 Å². The molecule has 0 saturated heterocycles. The van der Waals surface area contributed by atoms with E-state index in [1.54, 1.807) is 18.2 Å². The topological polar surface area (TPSA) is 76.7 Å². The first-order valence-electron chi connectivity index (χ1n) is 8.76. The van der Waals surface area contributed by atoms with Crippen LogP contribution in [0, 0.1) is 12.8 Å². The standard InChI is InChI=1S/C21H16BrClO5/c1-10-5-14(18(8-15(10)22)27-12-6-11(7-12)21(25)26)19-9-17(24)13-3-2-4-16(23)20(13)28-19/h2-5,8-9,11-12H,6-7H2,1H3,(H,25,26)/t11-,12-. The molecule has 0 unspecified atom stereocenters. The molecule has 1 heterocycles. The van der Waals surface area contributed by atoms with E-state index in [1.807, 2.05) is 19.1 Å². The summed E-state index contributed by atoms with van der Waals surface area (Å²) in [6.07, 6.45) is 0.715. The number of hydrogen-bond acceptors (Lipinski definition) is 4. The maximum Gasteiger partial charge on any atom is 0.306 e. The highest BCUT2D eigenvalue weighted by molar-refractivity contribution is 9.10. The molecule has 0 aliphatic heterocycles. The SMILES string of the molecule is Cc1cc(-c2cc(=O)c3cccc(Cl)c3o2)c(O[C@H]2C[C@H](C(=O)O)C2)cc1Br. The van der Waals surface area contributed by atoms with Crippen LogP contribution in [0.1, 0.15) is 18.4 Å². The fourth-order valence-electron chi connectivity index (χ4n) is 3.27. The van der Waals surface area contributed by atoms with Gasteiger partial charge in [-0.1, -0.05) is 33.6 Å². The van der Waals surface area contributed by atoms with Crippen LogP contribution in [0.3, 0.4) is 0 Å². The van der Waals surface area contributed by atoms with Gasteiger partial charge in [-0.3, -0.25) is 9.59 Å². The molecule has 1 aromatic heterocycles. The van der Waals surface area contributed by atoms with Crippen molar-refractivity contribution in [1.82, 2.24) is 0 Å². The van der Waals surface area contributed by atoms with Gasteiger partial charge in [-0.2, -0.15) is 0 Å². The number of carboxylic acid groups (broad SMARTS) is 1. The monoisotopic (exact) mass is 462 g/mol. The quantitative estimate of drug-likeness (QED) is 0.558. The molecule has 2 aromatic carbocycles. The lowest BCUT2D eigenvalue weighted by Crippen LogP contribution is -2.38. The fraction of sp³-hybridized carbons (Fsp3) is 0.238. The van der Waals surface area contributed by atoms with Crippen molar-refractivity contribution in [2.75, 3.05) is 0 Å². The lowest BCUT2D eigenvalue weighted by molar-refractivity contribution is -0.147. The molecule has 1 aliphatic rings. The molecule has 1 N–H and O–H groups in total. The zero-order valence-corrected chi connectivity index (χ0v) is 17.2. The summed E-state index contributed by atoms with van der Waals surface area (Å²) in [5.41, 5.74) is 1.70. The van der Waals surface area contributed by atoms with Gasteiger partial charge in [0.25, 0.3) is 0 Å². The number of hydrogen-bond donors (Lipinski definition) is 1. The van der Waals surface area contributed by atoms with Crippen molar-refractivity contribution in [2.45, 2.75) is 25.9 Å². The average Bonchev–Trinajstić information content (AvgIpc) is 2.60. The minimum absolute atomic E-state index is 0.190. The molecule has 7 heteroatoms. The summed E-state index contributed by atoms with van der Waals surface area (Å²) in [5.74, 6) is -0.300. The Hall–Kier alpha value is -2.31. The number of aryl methyl sites for hydroxylation is 1. The van der Waals surface area contributed by atoms with Gasteiger partial charge in [0.2, 0.25) is 0 Å². The minimum Gasteiger partial charge on any atom is -0.490 e. The Morgan fingerprint density at radius 3 is 2.75 bits per heavy atom. The molecule has 1 fully saturated rings. The van der Waals surface area contributed by atoms with Crippen LogP contribution in [-0.4, -0.2) is 17.2 Å². The predicted octanol–water partition coefficient (Wildman–Crippen LogP) is 5.43. The van der Waals surface area contributed by atoms with Crippen molar-refractivity contribution in [3.8, 4) is 17.1 Å². The summed E-state index contributed by atoms with van der Waals surface area (Å²) in [6.45, 7) is 1.92. The van der Waals surface area contributed by atoms with Crippen LogP contribution in [0.4, 0.5) is 0 Å². The first kappa shape index (κ1) is 19.0. The molecule has 0 radical (unpaired) electrons. The van der Waals surface area contributed by atoms with Crippen molar-refractivity contribution in [1.29, 1.82) is 0 Å². The van der Waals surface area contributed by atoms with Crippen LogP contribution < -0.4 is 10.2 Å². The largest absolute Gasteiger partial charge is 0.490 e.